The first-order chi connectivity index (χ1) is 11.8. The fourth-order valence-corrected chi connectivity index (χ4v) is 4.17. The molecule has 0 radical (unpaired) electrons. The molecule has 1 aliphatic rings. The summed E-state index contributed by atoms with van der Waals surface area (Å²) in [5.41, 5.74) is 2.40. The van der Waals surface area contributed by atoms with Crippen molar-refractivity contribution >= 4 is 27.3 Å². The van der Waals surface area contributed by atoms with Gasteiger partial charge >= 0.3 is 6.61 Å². The molecule has 0 spiro atoms. The summed E-state index contributed by atoms with van der Waals surface area (Å²) in [7, 11) is -3.80. The van der Waals surface area contributed by atoms with Crippen LogP contribution in [0.15, 0.2) is 41.3 Å². The SMILES string of the molecule is O=S(=O)(Nc1ccc(OC(F)F)c(Cl)c1)c1ccc2c(c1)CCCC2. The summed E-state index contributed by atoms with van der Waals surface area (Å²) in [6.07, 6.45) is 3.99. The zero-order valence-electron chi connectivity index (χ0n) is 13.1. The molecule has 0 amide bonds. The highest BCUT2D eigenvalue weighted by Gasteiger charge is 2.18. The summed E-state index contributed by atoms with van der Waals surface area (Å²) in [4.78, 5) is 0.164. The second kappa shape index (κ2) is 7.17. The lowest BCUT2D eigenvalue weighted by Gasteiger charge is -2.17. The van der Waals surface area contributed by atoms with Gasteiger partial charge in [0.05, 0.1) is 15.6 Å². The van der Waals surface area contributed by atoms with Gasteiger partial charge in [0.25, 0.3) is 10.0 Å². The normalized spacial score (nSPS) is 14.2. The summed E-state index contributed by atoms with van der Waals surface area (Å²) in [5.74, 6) is -0.214. The average molecular weight is 388 g/mol. The summed E-state index contributed by atoms with van der Waals surface area (Å²) < 4.78 is 56.2. The minimum atomic E-state index is -3.80. The van der Waals surface area contributed by atoms with Crippen LogP contribution in [0.4, 0.5) is 14.5 Å². The Morgan fingerprint density at radius 3 is 2.44 bits per heavy atom. The maximum absolute atomic E-state index is 12.6. The Morgan fingerprint density at radius 2 is 1.76 bits per heavy atom. The highest BCUT2D eigenvalue weighted by atomic mass is 35.5. The van der Waals surface area contributed by atoms with E-state index < -0.39 is 16.6 Å². The molecule has 0 unspecified atom stereocenters. The van der Waals surface area contributed by atoms with Gasteiger partial charge in [-0.05, 0) is 67.1 Å². The van der Waals surface area contributed by atoms with Crippen LogP contribution in [0.5, 0.6) is 5.75 Å². The summed E-state index contributed by atoms with van der Waals surface area (Å²) in [6.45, 7) is -3.00. The summed E-state index contributed by atoms with van der Waals surface area (Å²) >= 11 is 5.85. The number of halogens is 3. The second-order valence-electron chi connectivity index (χ2n) is 5.77. The third-order valence-corrected chi connectivity index (χ3v) is 5.70. The van der Waals surface area contributed by atoms with Crippen LogP contribution in [0, 0.1) is 0 Å². The van der Waals surface area contributed by atoms with Gasteiger partial charge in [-0.2, -0.15) is 8.78 Å². The molecule has 3 rings (SSSR count). The first-order valence-corrected chi connectivity index (χ1v) is 9.60. The number of nitrogens with one attached hydrogen (secondary N) is 1. The van der Waals surface area contributed by atoms with Gasteiger partial charge in [-0.1, -0.05) is 17.7 Å². The molecule has 2 aromatic carbocycles. The van der Waals surface area contributed by atoms with Gasteiger partial charge in [0.15, 0.2) is 0 Å². The smallest absolute Gasteiger partial charge is 0.387 e. The number of alkyl halides is 2. The van der Waals surface area contributed by atoms with E-state index in [4.69, 9.17) is 11.6 Å². The van der Waals surface area contributed by atoms with E-state index in [1.807, 2.05) is 6.07 Å². The third kappa shape index (κ3) is 4.22. The Hall–Kier alpha value is -1.86. The average Bonchev–Trinajstić information content (AvgIpc) is 2.56. The molecule has 4 nitrogen and oxygen atoms in total. The Balaban J connectivity index is 1.83. The molecular weight excluding hydrogens is 372 g/mol. The summed E-state index contributed by atoms with van der Waals surface area (Å²) in [6, 6.07) is 8.85. The summed E-state index contributed by atoms with van der Waals surface area (Å²) in [5, 5.41) is -0.106. The largest absolute Gasteiger partial charge is 0.433 e. The predicted octanol–water partition coefficient (Wildman–Crippen LogP) is 4.62. The number of sulfonamides is 1. The third-order valence-electron chi connectivity index (χ3n) is 4.03. The number of anilines is 1. The van der Waals surface area contributed by atoms with Crippen molar-refractivity contribution in [2.75, 3.05) is 4.72 Å². The predicted molar refractivity (Wildman–Crippen MR) is 92.0 cm³/mol. The number of rotatable bonds is 5. The molecule has 0 heterocycles. The molecule has 8 heteroatoms. The Morgan fingerprint density at radius 1 is 1.04 bits per heavy atom. The lowest BCUT2D eigenvalue weighted by Crippen LogP contribution is -2.14. The molecule has 0 bridgehead atoms. The molecule has 0 fully saturated rings. The van der Waals surface area contributed by atoms with E-state index >= 15 is 0 Å². The Bertz CT molecular complexity index is 887. The highest BCUT2D eigenvalue weighted by molar-refractivity contribution is 7.92. The molecule has 134 valence electrons. The zero-order chi connectivity index (χ0) is 18.0. The van der Waals surface area contributed by atoms with Crippen LogP contribution in [0.25, 0.3) is 0 Å². The molecule has 2 aromatic rings. The quantitative estimate of drug-likeness (QED) is 0.814. The van der Waals surface area contributed by atoms with Crippen molar-refractivity contribution in [3.05, 3.63) is 52.5 Å². The van der Waals surface area contributed by atoms with Crippen LogP contribution in [-0.4, -0.2) is 15.0 Å². The first kappa shape index (κ1) is 17.9. The van der Waals surface area contributed by atoms with Crippen LogP contribution in [0.1, 0.15) is 24.0 Å². The van der Waals surface area contributed by atoms with E-state index in [1.54, 1.807) is 12.1 Å². The Kier molecular flexibility index (Phi) is 5.15. The van der Waals surface area contributed by atoms with Gasteiger partial charge < -0.3 is 4.74 Å². The van der Waals surface area contributed by atoms with E-state index in [0.717, 1.165) is 31.2 Å². The van der Waals surface area contributed by atoms with Crippen molar-refractivity contribution in [3.63, 3.8) is 0 Å². The molecule has 0 aromatic heterocycles. The monoisotopic (exact) mass is 387 g/mol. The number of hydrogen-bond acceptors (Lipinski definition) is 3. The van der Waals surface area contributed by atoms with E-state index in [2.05, 4.69) is 9.46 Å². The van der Waals surface area contributed by atoms with Gasteiger partial charge in [0.1, 0.15) is 5.75 Å². The van der Waals surface area contributed by atoms with Crippen molar-refractivity contribution in [1.82, 2.24) is 0 Å². The van der Waals surface area contributed by atoms with Crippen LogP contribution in [0.2, 0.25) is 5.02 Å². The molecule has 0 saturated carbocycles. The molecular formula is C17H16ClF2NO3S. The lowest BCUT2D eigenvalue weighted by atomic mass is 9.92. The number of aryl methyl sites for hydroxylation is 2. The van der Waals surface area contributed by atoms with Gasteiger partial charge in [-0.15, -0.1) is 0 Å². The van der Waals surface area contributed by atoms with Gasteiger partial charge in [0.2, 0.25) is 0 Å². The second-order valence-corrected chi connectivity index (χ2v) is 7.86. The van der Waals surface area contributed by atoms with Crippen molar-refractivity contribution in [1.29, 1.82) is 0 Å². The van der Waals surface area contributed by atoms with E-state index in [1.165, 1.54) is 23.8 Å². The van der Waals surface area contributed by atoms with Gasteiger partial charge in [-0.25, -0.2) is 8.42 Å². The van der Waals surface area contributed by atoms with E-state index in [-0.39, 0.29) is 21.4 Å². The molecule has 0 aliphatic heterocycles. The van der Waals surface area contributed by atoms with Crippen LogP contribution < -0.4 is 9.46 Å². The molecule has 1 aliphatic carbocycles. The number of ether oxygens (including phenoxy) is 1. The van der Waals surface area contributed by atoms with E-state index in [9.17, 15) is 17.2 Å². The van der Waals surface area contributed by atoms with Gasteiger partial charge in [0, 0.05) is 0 Å². The maximum atomic E-state index is 12.6. The topological polar surface area (TPSA) is 55.4 Å². The van der Waals surface area contributed by atoms with Crippen molar-refractivity contribution in [3.8, 4) is 5.75 Å². The fraction of sp³-hybridized carbons (Fsp3) is 0.294. The maximum Gasteiger partial charge on any atom is 0.387 e. The minimum absolute atomic E-state index is 0.106. The fourth-order valence-electron chi connectivity index (χ4n) is 2.85. The minimum Gasteiger partial charge on any atom is -0.433 e. The highest BCUT2D eigenvalue weighted by Crippen LogP contribution is 2.30. The van der Waals surface area contributed by atoms with Crippen molar-refractivity contribution in [2.45, 2.75) is 37.2 Å². The van der Waals surface area contributed by atoms with Crippen molar-refractivity contribution < 1.29 is 21.9 Å². The number of benzene rings is 2. The van der Waals surface area contributed by atoms with Gasteiger partial charge in [-0.3, -0.25) is 4.72 Å². The van der Waals surface area contributed by atoms with Crippen molar-refractivity contribution in [2.24, 2.45) is 0 Å². The van der Waals surface area contributed by atoms with Crippen LogP contribution >= 0.6 is 11.6 Å². The zero-order valence-corrected chi connectivity index (χ0v) is 14.7. The number of fused-ring (bicyclic) bond motifs is 1. The lowest BCUT2D eigenvalue weighted by molar-refractivity contribution is -0.0497. The van der Waals surface area contributed by atoms with Crippen LogP contribution in [-0.2, 0) is 22.9 Å². The van der Waals surface area contributed by atoms with E-state index in [0.29, 0.717) is 0 Å². The Labute approximate surface area is 149 Å². The number of hydrogen-bond donors (Lipinski definition) is 1. The first-order valence-electron chi connectivity index (χ1n) is 7.74. The molecule has 25 heavy (non-hydrogen) atoms. The van der Waals surface area contributed by atoms with Crippen LogP contribution in [0.3, 0.4) is 0 Å². The standard InChI is InChI=1S/C17H16ClF2NO3S/c18-15-10-13(6-8-16(15)24-17(19)20)21-25(22,23)14-7-5-11-3-1-2-4-12(11)9-14/h5-10,17,21H,1-4H2. The molecule has 0 saturated heterocycles. The molecule has 0 atom stereocenters. The molecule has 1 N–H and O–H groups in total.